The van der Waals surface area contributed by atoms with Crippen LogP contribution in [0.3, 0.4) is 0 Å². The van der Waals surface area contributed by atoms with Crippen LogP contribution in [0.1, 0.15) is 12.5 Å². The predicted octanol–water partition coefficient (Wildman–Crippen LogP) is 0.522. The number of nitrogens with one attached hydrogen (secondary N) is 1. The molecular weight excluding hydrogens is 440 g/mol. The highest BCUT2D eigenvalue weighted by molar-refractivity contribution is 8.00. The minimum atomic E-state index is -1.72. The lowest BCUT2D eigenvalue weighted by atomic mass is 9.97. The Morgan fingerprint density at radius 2 is 1.97 bits per heavy atom. The number of carbonyl (C=O) groups excluding carboxylic acids is 3. The molecule has 2 amide bonds. The van der Waals surface area contributed by atoms with Gasteiger partial charge in [-0.3, -0.25) is 19.3 Å². The number of nitrogens with zero attached hydrogens (tertiary/aromatic N) is 1. The van der Waals surface area contributed by atoms with Crippen LogP contribution in [0.5, 0.6) is 0 Å². The third-order valence-corrected chi connectivity index (χ3v) is 6.29. The first-order valence-electron chi connectivity index (χ1n) is 9.82. The smallest absolute Gasteiger partial charge is 0.352 e. The Labute approximate surface area is 188 Å². The zero-order valence-corrected chi connectivity index (χ0v) is 18.5. The second kappa shape index (κ2) is 10.2. The van der Waals surface area contributed by atoms with Gasteiger partial charge in [-0.05, 0) is 5.56 Å². The monoisotopic (exact) mass is 464 g/mol. The average Bonchev–Trinajstić information content (AvgIpc) is 2.76. The lowest BCUT2D eigenvalue weighted by Crippen LogP contribution is -2.81. The second-order valence-electron chi connectivity index (χ2n) is 7.16. The molecule has 2 N–H and O–H groups in total. The van der Waals surface area contributed by atoms with Gasteiger partial charge in [0.25, 0.3) is 11.6 Å². The summed E-state index contributed by atoms with van der Waals surface area (Å²) in [6.07, 6.45) is 0.0280. The fraction of sp³-hybridized carbons (Fsp3) is 0.429. The van der Waals surface area contributed by atoms with Gasteiger partial charge >= 0.3 is 11.9 Å². The number of ether oxygens (including phenoxy) is 3. The Morgan fingerprint density at radius 1 is 1.25 bits per heavy atom. The first-order valence-corrected chi connectivity index (χ1v) is 10.9. The maximum Gasteiger partial charge on any atom is 0.352 e. The van der Waals surface area contributed by atoms with Crippen LogP contribution in [0, 0.1) is 0 Å². The molecule has 0 spiro atoms. The molecule has 2 aliphatic rings. The van der Waals surface area contributed by atoms with Crippen LogP contribution in [0.4, 0.5) is 0 Å². The normalized spacial score (nSPS) is 22.1. The van der Waals surface area contributed by atoms with E-state index in [0.717, 1.165) is 10.5 Å². The van der Waals surface area contributed by atoms with Crippen molar-refractivity contribution in [3.63, 3.8) is 0 Å². The van der Waals surface area contributed by atoms with Gasteiger partial charge in [-0.15, -0.1) is 11.8 Å². The van der Waals surface area contributed by atoms with E-state index in [2.05, 4.69) is 5.32 Å². The molecule has 0 aromatic heterocycles. The van der Waals surface area contributed by atoms with Gasteiger partial charge in [0.05, 0.1) is 19.6 Å². The number of aliphatic carboxylic acids is 1. The number of methoxy groups -OCH3 is 1. The Hall–Kier alpha value is -2.89. The van der Waals surface area contributed by atoms with Crippen molar-refractivity contribution >= 4 is 35.5 Å². The summed E-state index contributed by atoms with van der Waals surface area (Å²) in [6.45, 7) is 1.18. The molecule has 32 heavy (non-hydrogen) atoms. The maximum atomic E-state index is 13.2. The van der Waals surface area contributed by atoms with Gasteiger partial charge in [0.2, 0.25) is 5.91 Å². The average molecular weight is 464 g/mol. The number of thioether (sulfide) groups is 1. The van der Waals surface area contributed by atoms with Gasteiger partial charge < -0.3 is 24.6 Å². The molecule has 3 rings (SSSR count). The SMILES string of the molecule is COCCOC1(NC(=O)Cc2ccccc2)C(=O)N2C(C(=O)O)=C(COC(C)=O)CS[C@@H]21. The zero-order valence-electron chi connectivity index (χ0n) is 17.7. The number of rotatable bonds is 10. The Bertz CT molecular complexity index is 935. The number of carbonyl (C=O) groups is 4. The van der Waals surface area contributed by atoms with E-state index in [1.807, 2.05) is 6.07 Å². The van der Waals surface area contributed by atoms with Gasteiger partial charge in [0, 0.05) is 25.4 Å². The van der Waals surface area contributed by atoms with E-state index in [1.165, 1.54) is 25.8 Å². The number of carboxylic acids is 1. The van der Waals surface area contributed by atoms with Crippen LogP contribution < -0.4 is 5.32 Å². The van der Waals surface area contributed by atoms with Crippen LogP contribution in [0.25, 0.3) is 0 Å². The van der Waals surface area contributed by atoms with Crippen LogP contribution >= 0.6 is 11.8 Å². The highest BCUT2D eigenvalue weighted by Crippen LogP contribution is 2.47. The van der Waals surface area contributed by atoms with Crippen molar-refractivity contribution in [3.05, 3.63) is 47.2 Å². The summed E-state index contributed by atoms with van der Waals surface area (Å²) in [4.78, 5) is 50.1. The number of hydrogen-bond donors (Lipinski definition) is 2. The number of esters is 1. The van der Waals surface area contributed by atoms with E-state index >= 15 is 0 Å². The molecule has 2 heterocycles. The van der Waals surface area contributed by atoms with E-state index in [0.29, 0.717) is 5.57 Å². The number of β-lactam (4-membered cyclic amide) rings is 1. The lowest BCUT2D eigenvalue weighted by molar-refractivity contribution is -0.200. The first kappa shape index (κ1) is 23.8. The Kier molecular flexibility index (Phi) is 7.54. The van der Waals surface area contributed by atoms with Gasteiger partial charge in [-0.25, -0.2) is 4.79 Å². The molecule has 1 saturated heterocycles. The standard InChI is InChI=1S/C21H24N2O8S/c1-13(24)30-11-15-12-32-20-21(31-9-8-29-2,19(28)23(20)17(15)18(26)27)22-16(25)10-14-6-4-3-5-7-14/h3-7,20H,8-12H2,1-2H3,(H,22,25)(H,26,27)/t20-,21?/m1/s1. The number of fused-ring (bicyclic) bond motifs is 1. The Balaban J connectivity index is 1.85. The van der Waals surface area contributed by atoms with Crippen molar-refractivity contribution in [2.24, 2.45) is 0 Å². The predicted molar refractivity (Wildman–Crippen MR) is 113 cm³/mol. The third-order valence-electron chi connectivity index (χ3n) is 4.91. The first-order chi connectivity index (χ1) is 15.3. The van der Waals surface area contributed by atoms with Crippen LogP contribution in [-0.4, -0.2) is 77.5 Å². The molecule has 1 fully saturated rings. The molecule has 11 heteroatoms. The summed E-state index contributed by atoms with van der Waals surface area (Å²) in [6, 6.07) is 9.00. The number of hydrogen-bond acceptors (Lipinski definition) is 8. The largest absolute Gasteiger partial charge is 0.477 e. The van der Waals surface area contributed by atoms with E-state index in [4.69, 9.17) is 14.2 Å². The topological polar surface area (TPSA) is 131 Å². The summed E-state index contributed by atoms with van der Waals surface area (Å²) < 4.78 is 15.7. The molecule has 1 unspecified atom stereocenters. The fourth-order valence-corrected chi connectivity index (χ4v) is 4.88. The highest BCUT2D eigenvalue weighted by atomic mass is 32.2. The summed E-state index contributed by atoms with van der Waals surface area (Å²) in [5, 5.41) is 11.6. The summed E-state index contributed by atoms with van der Waals surface area (Å²) in [7, 11) is 1.47. The number of carboxylic acid groups (broad SMARTS) is 1. The molecule has 1 aromatic carbocycles. The number of benzene rings is 1. The zero-order chi connectivity index (χ0) is 23.3. The molecule has 2 aliphatic heterocycles. The molecular formula is C21H24N2O8S. The number of amides is 2. The van der Waals surface area contributed by atoms with E-state index in [9.17, 15) is 24.3 Å². The van der Waals surface area contributed by atoms with Crippen molar-refractivity contribution in [2.75, 3.05) is 32.7 Å². The van der Waals surface area contributed by atoms with Gasteiger partial charge in [-0.1, -0.05) is 30.3 Å². The van der Waals surface area contributed by atoms with Gasteiger partial charge in [0.1, 0.15) is 17.7 Å². The van der Waals surface area contributed by atoms with Crippen LogP contribution in [0.15, 0.2) is 41.6 Å². The summed E-state index contributed by atoms with van der Waals surface area (Å²) >= 11 is 1.22. The maximum absolute atomic E-state index is 13.2. The molecule has 0 bridgehead atoms. The minimum Gasteiger partial charge on any atom is -0.477 e. The van der Waals surface area contributed by atoms with Crippen molar-refractivity contribution in [1.82, 2.24) is 10.2 Å². The van der Waals surface area contributed by atoms with E-state index < -0.39 is 34.9 Å². The Morgan fingerprint density at radius 3 is 2.59 bits per heavy atom. The third kappa shape index (κ3) is 4.79. The molecule has 1 aromatic rings. The van der Waals surface area contributed by atoms with Crippen molar-refractivity contribution in [3.8, 4) is 0 Å². The molecule has 0 aliphatic carbocycles. The fourth-order valence-electron chi connectivity index (χ4n) is 3.49. The second-order valence-corrected chi connectivity index (χ2v) is 8.23. The quantitative estimate of drug-likeness (QED) is 0.220. The van der Waals surface area contributed by atoms with Crippen molar-refractivity contribution in [1.29, 1.82) is 0 Å². The molecule has 10 nitrogen and oxygen atoms in total. The molecule has 0 saturated carbocycles. The van der Waals surface area contributed by atoms with E-state index in [1.54, 1.807) is 24.3 Å². The molecule has 0 radical (unpaired) electrons. The lowest BCUT2D eigenvalue weighted by Gasteiger charge is -2.56. The van der Waals surface area contributed by atoms with Crippen LogP contribution in [-0.2, 0) is 39.8 Å². The van der Waals surface area contributed by atoms with Crippen molar-refractivity contribution in [2.45, 2.75) is 24.4 Å². The van der Waals surface area contributed by atoms with Crippen LogP contribution in [0.2, 0.25) is 0 Å². The summed E-state index contributed by atoms with van der Waals surface area (Å²) in [5.74, 6) is -2.84. The van der Waals surface area contributed by atoms with Gasteiger partial charge in [-0.2, -0.15) is 0 Å². The van der Waals surface area contributed by atoms with E-state index in [-0.39, 0.29) is 37.7 Å². The summed E-state index contributed by atoms with van der Waals surface area (Å²) in [5.41, 5.74) is -0.929. The van der Waals surface area contributed by atoms with Gasteiger partial charge in [0.15, 0.2) is 0 Å². The molecule has 2 atom stereocenters. The van der Waals surface area contributed by atoms with Crippen molar-refractivity contribution < 1.29 is 38.5 Å². The minimum absolute atomic E-state index is 0.0190. The highest BCUT2D eigenvalue weighted by Gasteiger charge is 2.67. The molecule has 172 valence electrons.